The lowest BCUT2D eigenvalue weighted by Crippen LogP contribution is -2.44. The van der Waals surface area contributed by atoms with E-state index in [2.05, 4.69) is 25.7 Å². The van der Waals surface area contributed by atoms with Crippen LogP contribution in [0.5, 0.6) is 0 Å². The van der Waals surface area contributed by atoms with Crippen molar-refractivity contribution in [3.63, 3.8) is 0 Å². The standard InChI is InChI=1S/C16H20N6O.2ClH/c23-15(16-6-2-1-3-12(16)7-17-9-16)21-13-4-5-14(19-8-13)22-11-18-10-20-22;;/h4-5,8,10-12,17H,1-3,6-7,9H2,(H,21,23);2*1H/t12-,16+;;/m0../s1. The van der Waals surface area contributed by atoms with Crippen molar-refractivity contribution in [2.45, 2.75) is 25.7 Å². The van der Waals surface area contributed by atoms with Crippen molar-refractivity contribution in [3.8, 4) is 5.82 Å². The Morgan fingerprint density at radius 2 is 2.20 bits per heavy atom. The largest absolute Gasteiger partial charge is 0.324 e. The molecule has 2 fully saturated rings. The second-order valence-corrected chi connectivity index (χ2v) is 6.43. The molecule has 2 N–H and O–H groups in total. The van der Waals surface area contributed by atoms with Crippen LogP contribution in [0.2, 0.25) is 0 Å². The second kappa shape index (κ2) is 8.12. The van der Waals surface area contributed by atoms with Crippen LogP contribution in [0.1, 0.15) is 25.7 Å². The van der Waals surface area contributed by atoms with Gasteiger partial charge >= 0.3 is 0 Å². The Morgan fingerprint density at radius 3 is 2.92 bits per heavy atom. The summed E-state index contributed by atoms with van der Waals surface area (Å²) in [6, 6.07) is 3.69. The summed E-state index contributed by atoms with van der Waals surface area (Å²) < 4.78 is 1.59. The molecule has 2 aliphatic rings. The van der Waals surface area contributed by atoms with Crippen molar-refractivity contribution < 1.29 is 4.79 Å². The molecule has 0 aromatic carbocycles. The number of carbonyl (C=O) groups excluding carboxylic acids is 1. The summed E-state index contributed by atoms with van der Waals surface area (Å²) in [6.45, 7) is 1.74. The van der Waals surface area contributed by atoms with Crippen LogP contribution in [-0.2, 0) is 4.79 Å². The van der Waals surface area contributed by atoms with Crippen LogP contribution in [-0.4, -0.2) is 38.7 Å². The molecule has 0 bridgehead atoms. The van der Waals surface area contributed by atoms with E-state index in [1.807, 2.05) is 12.1 Å². The molecule has 3 heterocycles. The van der Waals surface area contributed by atoms with E-state index in [1.54, 1.807) is 17.2 Å². The van der Waals surface area contributed by atoms with E-state index >= 15 is 0 Å². The SMILES string of the molecule is Cl.Cl.O=C(Nc1ccc(-n2cncn2)nc1)[C@@]12CCCC[C@H]1CNC2. The Kier molecular flexibility index (Phi) is 6.37. The maximum absolute atomic E-state index is 12.9. The van der Waals surface area contributed by atoms with Gasteiger partial charge in [-0.25, -0.2) is 14.6 Å². The monoisotopic (exact) mass is 384 g/mol. The average molecular weight is 385 g/mol. The van der Waals surface area contributed by atoms with Crippen LogP contribution >= 0.6 is 24.8 Å². The molecule has 2 atom stereocenters. The van der Waals surface area contributed by atoms with Crippen LogP contribution < -0.4 is 10.6 Å². The maximum atomic E-state index is 12.9. The van der Waals surface area contributed by atoms with Crippen molar-refractivity contribution >= 4 is 36.4 Å². The summed E-state index contributed by atoms with van der Waals surface area (Å²) >= 11 is 0. The lowest BCUT2D eigenvalue weighted by molar-refractivity contribution is -0.128. The summed E-state index contributed by atoms with van der Waals surface area (Å²) in [6.07, 6.45) is 9.21. The quantitative estimate of drug-likeness (QED) is 0.847. The van der Waals surface area contributed by atoms with E-state index < -0.39 is 0 Å². The third-order valence-corrected chi connectivity index (χ3v) is 5.15. The number of nitrogens with one attached hydrogen (secondary N) is 2. The molecule has 1 saturated heterocycles. The highest BCUT2D eigenvalue weighted by molar-refractivity contribution is 5.96. The smallest absolute Gasteiger partial charge is 0.232 e. The van der Waals surface area contributed by atoms with Gasteiger partial charge in [-0.05, 0) is 37.4 Å². The first-order chi connectivity index (χ1) is 11.3. The number of halogens is 2. The fourth-order valence-corrected chi connectivity index (χ4v) is 3.87. The van der Waals surface area contributed by atoms with Gasteiger partial charge in [0.25, 0.3) is 0 Å². The predicted octanol–water partition coefficient (Wildman–Crippen LogP) is 2.22. The van der Waals surface area contributed by atoms with Crippen LogP contribution in [0, 0.1) is 11.3 Å². The molecular formula is C16H22Cl2N6O. The molecule has 0 unspecified atom stereocenters. The summed E-state index contributed by atoms with van der Waals surface area (Å²) in [4.78, 5) is 21.1. The fraction of sp³-hybridized carbons (Fsp3) is 0.500. The van der Waals surface area contributed by atoms with E-state index in [9.17, 15) is 4.79 Å². The van der Waals surface area contributed by atoms with E-state index in [0.29, 0.717) is 11.7 Å². The molecule has 1 aliphatic heterocycles. The molecule has 0 spiro atoms. The zero-order valence-electron chi connectivity index (χ0n) is 13.7. The average Bonchev–Trinajstić information content (AvgIpc) is 3.25. The van der Waals surface area contributed by atoms with Crippen molar-refractivity contribution in [2.75, 3.05) is 18.4 Å². The van der Waals surface area contributed by atoms with Gasteiger partial charge in [-0.15, -0.1) is 24.8 Å². The third kappa shape index (κ3) is 3.63. The summed E-state index contributed by atoms with van der Waals surface area (Å²) in [7, 11) is 0. The molecule has 1 amide bonds. The Hall–Kier alpha value is -1.70. The summed E-state index contributed by atoms with van der Waals surface area (Å²) in [5.41, 5.74) is 0.479. The highest BCUT2D eigenvalue weighted by Gasteiger charge is 2.49. The first-order valence-corrected chi connectivity index (χ1v) is 8.11. The second-order valence-electron chi connectivity index (χ2n) is 6.43. The topological polar surface area (TPSA) is 84.7 Å². The minimum atomic E-state index is -0.247. The molecule has 1 aliphatic carbocycles. The highest BCUT2D eigenvalue weighted by Crippen LogP contribution is 2.44. The number of amides is 1. The fourth-order valence-electron chi connectivity index (χ4n) is 3.87. The maximum Gasteiger partial charge on any atom is 0.232 e. The minimum Gasteiger partial charge on any atom is -0.324 e. The number of aromatic nitrogens is 4. The molecule has 25 heavy (non-hydrogen) atoms. The number of rotatable bonds is 3. The van der Waals surface area contributed by atoms with Crippen LogP contribution in [0.3, 0.4) is 0 Å². The normalized spacial score (nSPS) is 24.6. The Morgan fingerprint density at radius 1 is 1.32 bits per heavy atom. The molecule has 7 nitrogen and oxygen atoms in total. The number of pyridine rings is 1. The number of nitrogens with zero attached hydrogens (tertiary/aromatic N) is 4. The molecule has 9 heteroatoms. The van der Waals surface area contributed by atoms with Gasteiger partial charge in [0.2, 0.25) is 5.91 Å². The Bertz CT molecular complexity index is 693. The molecule has 0 radical (unpaired) electrons. The van der Waals surface area contributed by atoms with Crippen molar-refractivity contribution in [1.29, 1.82) is 0 Å². The van der Waals surface area contributed by atoms with E-state index in [1.165, 1.54) is 12.7 Å². The third-order valence-electron chi connectivity index (χ3n) is 5.15. The van der Waals surface area contributed by atoms with Crippen LogP contribution in [0.25, 0.3) is 5.82 Å². The van der Waals surface area contributed by atoms with Crippen molar-refractivity contribution in [2.24, 2.45) is 11.3 Å². The van der Waals surface area contributed by atoms with Gasteiger partial charge in [0.1, 0.15) is 12.7 Å². The lowest BCUT2D eigenvalue weighted by atomic mass is 9.67. The first-order valence-electron chi connectivity index (χ1n) is 8.11. The number of hydrogen-bond acceptors (Lipinski definition) is 5. The molecule has 1 saturated carbocycles. The number of carbonyl (C=O) groups is 1. The first kappa shape index (κ1) is 19.6. The highest BCUT2D eigenvalue weighted by atomic mass is 35.5. The van der Waals surface area contributed by atoms with Gasteiger partial charge in [0, 0.05) is 6.54 Å². The summed E-state index contributed by atoms with van der Waals surface area (Å²) in [5.74, 6) is 1.26. The lowest BCUT2D eigenvalue weighted by Gasteiger charge is -2.37. The van der Waals surface area contributed by atoms with Crippen molar-refractivity contribution in [1.82, 2.24) is 25.1 Å². The van der Waals surface area contributed by atoms with Gasteiger partial charge in [-0.1, -0.05) is 12.8 Å². The van der Waals surface area contributed by atoms with Gasteiger partial charge in [-0.2, -0.15) is 5.10 Å². The molecule has 4 rings (SSSR count). The van der Waals surface area contributed by atoms with Crippen LogP contribution in [0.15, 0.2) is 31.0 Å². The number of hydrogen-bond donors (Lipinski definition) is 2. The molecular weight excluding hydrogens is 363 g/mol. The van der Waals surface area contributed by atoms with E-state index in [-0.39, 0.29) is 36.1 Å². The predicted molar refractivity (Wildman–Crippen MR) is 99.5 cm³/mol. The van der Waals surface area contributed by atoms with E-state index in [0.717, 1.165) is 38.0 Å². The van der Waals surface area contributed by atoms with Gasteiger partial charge in [0.15, 0.2) is 5.82 Å². The van der Waals surface area contributed by atoms with Gasteiger partial charge < -0.3 is 10.6 Å². The molecule has 2 aromatic rings. The number of anilines is 1. The minimum absolute atomic E-state index is 0. The molecule has 2 aromatic heterocycles. The zero-order valence-corrected chi connectivity index (χ0v) is 15.4. The van der Waals surface area contributed by atoms with Crippen LogP contribution in [0.4, 0.5) is 5.69 Å². The van der Waals surface area contributed by atoms with Gasteiger partial charge in [0.05, 0.1) is 17.3 Å². The zero-order chi connectivity index (χ0) is 15.7. The number of fused-ring (bicyclic) bond motifs is 1. The summed E-state index contributed by atoms with van der Waals surface area (Å²) in [5, 5.41) is 10.5. The Balaban J connectivity index is 0.00000113. The molecule has 136 valence electrons. The van der Waals surface area contributed by atoms with E-state index in [4.69, 9.17) is 0 Å². The van der Waals surface area contributed by atoms with Crippen molar-refractivity contribution in [3.05, 3.63) is 31.0 Å². The van der Waals surface area contributed by atoms with Gasteiger partial charge in [-0.3, -0.25) is 4.79 Å². The Labute approximate surface area is 158 Å².